The van der Waals surface area contributed by atoms with Crippen LogP contribution in [0.5, 0.6) is 0 Å². The minimum atomic E-state index is -0.550. The molecule has 0 spiro atoms. The van der Waals surface area contributed by atoms with E-state index in [1.807, 2.05) is 20.8 Å². The van der Waals surface area contributed by atoms with E-state index in [9.17, 15) is 9.90 Å². The molecule has 4 bridgehead atoms. The van der Waals surface area contributed by atoms with Gasteiger partial charge in [0.25, 0.3) is 0 Å². The summed E-state index contributed by atoms with van der Waals surface area (Å²) in [7, 11) is 0. The zero-order valence-electron chi connectivity index (χ0n) is 12.6. The van der Waals surface area contributed by atoms with Crippen LogP contribution in [0.3, 0.4) is 0 Å². The molecule has 0 aromatic carbocycles. The Labute approximate surface area is 135 Å². The van der Waals surface area contributed by atoms with Crippen LogP contribution >= 0.6 is 22.6 Å². The van der Waals surface area contributed by atoms with Gasteiger partial charge >= 0.3 is 5.97 Å². The summed E-state index contributed by atoms with van der Waals surface area (Å²) >= 11 is 2.21. The normalized spacial score (nSPS) is 49.0. The fraction of sp³-hybridized carbons (Fsp3) is 0.938. The number of hydrogen-bond donors (Lipinski definition) is 1. The Morgan fingerprint density at radius 1 is 1.35 bits per heavy atom. The highest BCUT2D eigenvalue weighted by atomic mass is 127. The first-order chi connectivity index (χ1) is 9.18. The van der Waals surface area contributed by atoms with Crippen molar-refractivity contribution in [2.24, 2.45) is 17.8 Å². The molecule has 0 aliphatic heterocycles. The molecule has 4 saturated carbocycles. The van der Waals surface area contributed by atoms with Gasteiger partial charge in [-0.05, 0) is 70.1 Å². The third-order valence-electron chi connectivity index (χ3n) is 6.19. The number of halogens is 1. The van der Waals surface area contributed by atoms with Crippen molar-refractivity contribution in [3.8, 4) is 0 Å². The van der Waals surface area contributed by atoms with E-state index in [1.165, 1.54) is 0 Å². The van der Waals surface area contributed by atoms with Crippen LogP contribution in [0, 0.1) is 17.8 Å². The predicted molar refractivity (Wildman–Crippen MR) is 85.7 cm³/mol. The number of alkyl halides is 1. The van der Waals surface area contributed by atoms with E-state index in [1.54, 1.807) is 0 Å². The fourth-order valence-corrected chi connectivity index (χ4v) is 4.81. The summed E-state index contributed by atoms with van der Waals surface area (Å²) in [6, 6.07) is 0. The van der Waals surface area contributed by atoms with Crippen LogP contribution in [0.25, 0.3) is 0 Å². The van der Waals surface area contributed by atoms with Crippen molar-refractivity contribution >= 4 is 28.6 Å². The molecule has 4 fully saturated rings. The Bertz CT molecular complexity index is 411. The summed E-state index contributed by atoms with van der Waals surface area (Å²) < 4.78 is 5.62. The minimum Gasteiger partial charge on any atom is -0.458 e. The van der Waals surface area contributed by atoms with Gasteiger partial charge in [0.15, 0.2) is 0 Å². The second-order valence-corrected chi connectivity index (χ2v) is 10.1. The smallest absolute Gasteiger partial charge is 0.322 e. The van der Waals surface area contributed by atoms with E-state index in [0.717, 1.165) is 38.5 Å². The Morgan fingerprint density at radius 3 is 2.40 bits per heavy atom. The number of rotatable bonds is 3. The van der Waals surface area contributed by atoms with E-state index in [0.29, 0.717) is 17.8 Å². The van der Waals surface area contributed by atoms with Gasteiger partial charge in [-0.2, -0.15) is 0 Å². The molecular formula is C16H25IO3. The third kappa shape index (κ3) is 2.21. The molecular weight excluding hydrogens is 367 g/mol. The molecule has 4 aliphatic carbocycles. The van der Waals surface area contributed by atoms with E-state index < -0.39 is 9.02 Å². The standard InChI is InChI=1S/C16H25IO3/c1-4-14(2,17)13(18)20-16-7-10-5-11(8-16)15(3,19)12(6-10)9-16/h10-12,19H,4-9H2,1-3H3. The maximum Gasteiger partial charge on any atom is 0.322 e. The summed E-state index contributed by atoms with van der Waals surface area (Å²) in [5.41, 5.74) is -0.831. The van der Waals surface area contributed by atoms with Crippen molar-refractivity contribution in [3.63, 3.8) is 0 Å². The first-order valence-electron chi connectivity index (χ1n) is 7.83. The van der Waals surface area contributed by atoms with Crippen LogP contribution in [0.2, 0.25) is 0 Å². The quantitative estimate of drug-likeness (QED) is 0.455. The molecule has 3 atom stereocenters. The highest BCUT2D eigenvalue weighted by Gasteiger charge is 2.61. The van der Waals surface area contributed by atoms with Gasteiger partial charge in [-0.15, -0.1) is 0 Å². The van der Waals surface area contributed by atoms with Crippen molar-refractivity contribution in [1.29, 1.82) is 0 Å². The summed E-state index contributed by atoms with van der Waals surface area (Å²) in [4.78, 5) is 12.4. The van der Waals surface area contributed by atoms with Crippen LogP contribution in [0.1, 0.15) is 59.3 Å². The Kier molecular flexibility index (Phi) is 3.45. The molecule has 0 saturated heterocycles. The molecule has 4 rings (SSSR count). The first kappa shape index (κ1) is 15.1. The van der Waals surface area contributed by atoms with E-state index in [2.05, 4.69) is 22.6 Å². The molecule has 4 heteroatoms. The van der Waals surface area contributed by atoms with Crippen molar-refractivity contribution in [2.45, 2.75) is 73.9 Å². The van der Waals surface area contributed by atoms with Gasteiger partial charge in [0, 0.05) is 0 Å². The number of ether oxygens (including phenoxy) is 1. The lowest BCUT2D eigenvalue weighted by Gasteiger charge is -2.62. The van der Waals surface area contributed by atoms with Gasteiger partial charge < -0.3 is 9.84 Å². The molecule has 0 radical (unpaired) electrons. The SMILES string of the molecule is CCC(C)(I)C(=O)OC12CC3CC(C1)C(C)(O)C(C3)C2. The largest absolute Gasteiger partial charge is 0.458 e. The maximum absolute atomic E-state index is 12.4. The lowest BCUT2D eigenvalue weighted by Crippen LogP contribution is -2.63. The van der Waals surface area contributed by atoms with Gasteiger partial charge in [-0.3, -0.25) is 4.79 Å². The zero-order valence-corrected chi connectivity index (χ0v) is 14.8. The number of hydrogen-bond acceptors (Lipinski definition) is 3. The molecule has 0 heterocycles. The van der Waals surface area contributed by atoms with E-state index in [4.69, 9.17) is 4.74 Å². The van der Waals surface area contributed by atoms with E-state index in [-0.39, 0.29) is 11.6 Å². The fourth-order valence-electron chi connectivity index (χ4n) is 4.70. The summed E-state index contributed by atoms with van der Waals surface area (Å²) in [5, 5.41) is 10.7. The second-order valence-electron chi connectivity index (χ2n) is 7.69. The van der Waals surface area contributed by atoms with Gasteiger partial charge in [0.05, 0.1) is 5.60 Å². The van der Waals surface area contributed by atoms with Gasteiger partial charge in [0.1, 0.15) is 9.02 Å². The second kappa shape index (κ2) is 4.58. The highest BCUT2D eigenvalue weighted by Crippen LogP contribution is 2.61. The summed E-state index contributed by atoms with van der Waals surface area (Å²) in [6.45, 7) is 5.97. The van der Waals surface area contributed by atoms with Crippen molar-refractivity contribution in [1.82, 2.24) is 0 Å². The molecule has 0 aromatic heterocycles. The molecule has 20 heavy (non-hydrogen) atoms. The van der Waals surface area contributed by atoms with Crippen LogP contribution in [0.15, 0.2) is 0 Å². The number of carbonyl (C=O) groups excluding carboxylic acids is 1. The molecule has 3 nitrogen and oxygen atoms in total. The Morgan fingerprint density at radius 2 is 1.90 bits per heavy atom. The molecule has 3 unspecified atom stereocenters. The molecule has 0 amide bonds. The Balaban J connectivity index is 1.80. The average molecular weight is 392 g/mol. The topological polar surface area (TPSA) is 46.5 Å². The van der Waals surface area contributed by atoms with Crippen molar-refractivity contribution < 1.29 is 14.6 Å². The number of esters is 1. The number of aliphatic hydroxyl groups is 1. The lowest BCUT2D eigenvalue weighted by molar-refractivity contribution is -0.234. The summed E-state index contributed by atoms with van der Waals surface area (Å²) in [6.07, 6.45) is 5.73. The predicted octanol–water partition coefficient (Wildman–Crippen LogP) is 3.46. The third-order valence-corrected chi connectivity index (χ3v) is 7.39. The molecule has 0 aromatic rings. The van der Waals surface area contributed by atoms with Crippen LogP contribution in [-0.2, 0) is 9.53 Å². The first-order valence-corrected chi connectivity index (χ1v) is 8.91. The van der Waals surface area contributed by atoms with Crippen molar-refractivity contribution in [2.75, 3.05) is 0 Å². The maximum atomic E-state index is 12.4. The average Bonchev–Trinajstić information content (AvgIpc) is 2.35. The van der Waals surface area contributed by atoms with Gasteiger partial charge in [-0.25, -0.2) is 0 Å². The van der Waals surface area contributed by atoms with Crippen LogP contribution < -0.4 is 0 Å². The van der Waals surface area contributed by atoms with Crippen LogP contribution in [-0.4, -0.2) is 25.7 Å². The molecule has 114 valence electrons. The van der Waals surface area contributed by atoms with Gasteiger partial charge in [-0.1, -0.05) is 29.5 Å². The van der Waals surface area contributed by atoms with E-state index >= 15 is 0 Å². The zero-order chi connectivity index (χ0) is 14.8. The molecule has 4 aliphatic rings. The highest BCUT2D eigenvalue weighted by molar-refractivity contribution is 14.1. The van der Waals surface area contributed by atoms with Gasteiger partial charge in [0.2, 0.25) is 0 Å². The lowest BCUT2D eigenvalue weighted by atomic mass is 9.48. The number of carbonyl (C=O) groups is 1. The molecule has 1 N–H and O–H groups in total. The monoisotopic (exact) mass is 392 g/mol. The van der Waals surface area contributed by atoms with Crippen LogP contribution in [0.4, 0.5) is 0 Å². The minimum absolute atomic E-state index is 0.0674. The summed E-state index contributed by atoms with van der Waals surface area (Å²) in [5.74, 6) is 1.19. The Hall–Kier alpha value is 0.160. The van der Waals surface area contributed by atoms with Crippen molar-refractivity contribution in [3.05, 3.63) is 0 Å².